The first-order chi connectivity index (χ1) is 9.10. The van der Waals surface area contributed by atoms with Crippen molar-refractivity contribution in [3.05, 3.63) is 51.2 Å². The summed E-state index contributed by atoms with van der Waals surface area (Å²) in [5.41, 5.74) is 2.37. The molecule has 0 aliphatic rings. The average Bonchev–Trinajstić information content (AvgIpc) is 2.77. The van der Waals surface area contributed by atoms with E-state index in [0.717, 1.165) is 17.0 Å². The Bertz CT molecular complexity index is 547. The molecule has 2 rings (SSSR count). The van der Waals surface area contributed by atoms with E-state index in [1.807, 2.05) is 37.3 Å². The Hall–Kier alpha value is -1.61. The van der Waals surface area contributed by atoms with Gasteiger partial charge in [0.1, 0.15) is 5.75 Å². The zero-order valence-electron chi connectivity index (χ0n) is 11.5. The standard InChI is InChI=1S/C16H18O2S/c1-11-10-16(19-12(11)2)15(17)9-6-13-4-7-14(18-3)8-5-13/h4-5,7-8,10H,6,9H2,1-3H3. The second kappa shape index (κ2) is 6.02. The van der Waals surface area contributed by atoms with Crippen LogP contribution in [0.25, 0.3) is 0 Å². The summed E-state index contributed by atoms with van der Waals surface area (Å²) in [6.07, 6.45) is 1.34. The highest BCUT2D eigenvalue weighted by molar-refractivity contribution is 7.14. The van der Waals surface area contributed by atoms with Crippen LogP contribution in [0.5, 0.6) is 5.75 Å². The number of thiophene rings is 1. The summed E-state index contributed by atoms with van der Waals surface area (Å²) in [4.78, 5) is 14.2. The van der Waals surface area contributed by atoms with Gasteiger partial charge in [-0.15, -0.1) is 11.3 Å². The molecule has 0 radical (unpaired) electrons. The molecule has 0 N–H and O–H groups in total. The topological polar surface area (TPSA) is 26.3 Å². The quantitative estimate of drug-likeness (QED) is 0.764. The highest BCUT2D eigenvalue weighted by Crippen LogP contribution is 2.22. The smallest absolute Gasteiger partial charge is 0.173 e. The van der Waals surface area contributed by atoms with Crippen molar-refractivity contribution in [2.75, 3.05) is 7.11 Å². The summed E-state index contributed by atoms with van der Waals surface area (Å²) in [7, 11) is 1.65. The lowest BCUT2D eigenvalue weighted by atomic mass is 10.1. The van der Waals surface area contributed by atoms with Gasteiger partial charge in [0.25, 0.3) is 0 Å². The molecule has 1 aromatic carbocycles. The van der Waals surface area contributed by atoms with Gasteiger partial charge in [-0.05, 0) is 49.6 Å². The van der Waals surface area contributed by atoms with E-state index >= 15 is 0 Å². The number of ether oxygens (including phenoxy) is 1. The Balaban J connectivity index is 1.96. The number of hydrogen-bond acceptors (Lipinski definition) is 3. The first kappa shape index (κ1) is 13.8. The number of hydrogen-bond donors (Lipinski definition) is 0. The second-order valence-corrected chi connectivity index (χ2v) is 5.88. The fraction of sp³-hybridized carbons (Fsp3) is 0.312. The number of carbonyl (C=O) groups excluding carboxylic acids is 1. The number of aryl methyl sites for hydroxylation is 3. The van der Waals surface area contributed by atoms with E-state index in [-0.39, 0.29) is 5.78 Å². The molecule has 0 saturated carbocycles. The fourth-order valence-corrected chi connectivity index (χ4v) is 2.89. The van der Waals surface area contributed by atoms with Crippen LogP contribution in [0, 0.1) is 13.8 Å². The first-order valence-corrected chi connectivity index (χ1v) is 7.15. The van der Waals surface area contributed by atoms with E-state index in [4.69, 9.17) is 4.74 Å². The maximum Gasteiger partial charge on any atom is 0.173 e. The number of ketones is 1. The normalized spacial score (nSPS) is 10.5. The van der Waals surface area contributed by atoms with Crippen LogP contribution in [0.15, 0.2) is 30.3 Å². The van der Waals surface area contributed by atoms with Crippen LogP contribution in [0.4, 0.5) is 0 Å². The summed E-state index contributed by atoms with van der Waals surface area (Å²) >= 11 is 1.59. The Labute approximate surface area is 118 Å². The maximum atomic E-state index is 12.1. The summed E-state index contributed by atoms with van der Waals surface area (Å²) in [5.74, 6) is 1.08. The molecule has 0 amide bonds. The third-order valence-electron chi connectivity index (χ3n) is 3.24. The van der Waals surface area contributed by atoms with Crippen LogP contribution >= 0.6 is 11.3 Å². The van der Waals surface area contributed by atoms with Crippen LogP contribution in [0.2, 0.25) is 0 Å². The van der Waals surface area contributed by atoms with Crippen LogP contribution < -0.4 is 4.74 Å². The van der Waals surface area contributed by atoms with Crippen molar-refractivity contribution < 1.29 is 9.53 Å². The summed E-state index contributed by atoms with van der Waals surface area (Å²) in [5, 5.41) is 0. The molecule has 2 nitrogen and oxygen atoms in total. The molecule has 0 spiro atoms. The van der Waals surface area contributed by atoms with Crippen LogP contribution in [0.3, 0.4) is 0 Å². The first-order valence-electron chi connectivity index (χ1n) is 6.33. The van der Waals surface area contributed by atoms with E-state index in [9.17, 15) is 4.79 Å². The Kier molecular flexibility index (Phi) is 4.38. The minimum Gasteiger partial charge on any atom is -0.497 e. The highest BCUT2D eigenvalue weighted by atomic mass is 32.1. The fourth-order valence-electron chi connectivity index (χ4n) is 1.88. The lowest BCUT2D eigenvalue weighted by Gasteiger charge is -2.02. The van der Waals surface area contributed by atoms with Crippen molar-refractivity contribution in [1.82, 2.24) is 0 Å². The predicted molar refractivity (Wildman–Crippen MR) is 79.4 cm³/mol. The summed E-state index contributed by atoms with van der Waals surface area (Å²) < 4.78 is 5.11. The van der Waals surface area contributed by atoms with Crippen molar-refractivity contribution in [1.29, 1.82) is 0 Å². The Morgan fingerprint density at radius 3 is 2.42 bits per heavy atom. The van der Waals surface area contributed by atoms with Crippen molar-refractivity contribution in [2.24, 2.45) is 0 Å². The van der Waals surface area contributed by atoms with Gasteiger partial charge in [0, 0.05) is 11.3 Å². The Morgan fingerprint density at radius 1 is 1.21 bits per heavy atom. The predicted octanol–water partition coefficient (Wildman–Crippen LogP) is 4.19. The largest absolute Gasteiger partial charge is 0.497 e. The van der Waals surface area contributed by atoms with Crippen molar-refractivity contribution in [2.45, 2.75) is 26.7 Å². The molecular formula is C16H18O2S. The molecule has 0 bridgehead atoms. The van der Waals surface area contributed by atoms with E-state index in [1.165, 1.54) is 16.0 Å². The number of Topliss-reactive ketones (excluding diaryl/α,β-unsaturated/α-hetero) is 1. The third kappa shape index (κ3) is 3.44. The minimum absolute atomic E-state index is 0.233. The van der Waals surface area contributed by atoms with Gasteiger partial charge in [0.2, 0.25) is 0 Å². The van der Waals surface area contributed by atoms with Crippen molar-refractivity contribution in [3.8, 4) is 5.75 Å². The molecule has 2 aromatic rings. The monoisotopic (exact) mass is 274 g/mol. The molecule has 0 atom stereocenters. The molecule has 0 aliphatic heterocycles. The number of carbonyl (C=O) groups is 1. The minimum atomic E-state index is 0.233. The van der Waals surface area contributed by atoms with Gasteiger partial charge in [0.05, 0.1) is 12.0 Å². The van der Waals surface area contributed by atoms with Crippen LogP contribution in [-0.2, 0) is 6.42 Å². The van der Waals surface area contributed by atoms with Crippen molar-refractivity contribution in [3.63, 3.8) is 0 Å². The van der Waals surface area contributed by atoms with Gasteiger partial charge in [0.15, 0.2) is 5.78 Å². The molecule has 0 aliphatic carbocycles. The lowest BCUT2D eigenvalue weighted by molar-refractivity contribution is 0.0986. The van der Waals surface area contributed by atoms with Gasteiger partial charge >= 0.3 is 0 Å². The Morgan fingerprint density at radius 2 is 1.89 bits per heavy atom. The van der Waals surface area contributed by atoms with Gasteiger partial charge < -0.3 is 4.74 Å². The molecule has 19 heavy (non-hydrogen) atoms. The van der Waals surface area contributed by atoms with E-state index in [0.29, 0.717) is 6.42 Å². The zero-order chi connectivity index (χ0) is 13.8. The second-order valence-electron chi connectivity index (χ2n) is 4.62. The molecule has 0 fully saturated rings. The lowest BCUT2D eigenvalue weighted by Crippen LogP contribution is -1.98. The SMILES string of the molecule is COc1ccc(CCC(=O)c2cc(C)c(C)s2)cc1. The molecule has 1 heterocycles. The molecule has 1 aromatic heterocycles. The van der Waals surface area contributed by atoms with Gasteiger partial charge in [-0.2, -0.15) is 0 Å². The number of methoxy groups -OCH3 is 1. The molecular weight excluding hydrogens is 256 g/mol. The van der Waals surface area contributed by atoms with E-state index < -0.39 is 0 Å². The number of rotatable bonds is 5. The molecule has 0 saturated heterocycles. The van der Waals surface area contributed by atoms with Gasteiger partial charge in [-0.25, -0.2) is 0 Å². The van der Waals surface area contributed by atoms with E-state index in [1.54, 1.807) is 18.4 Å². The summed E-state index contributed by atoms with van der Waals surface area (Å²) in [6.45, 7) is 4.10. The van der Waals surface area contributed by atoms with Gasteiger partial charge in [-0.3, -0.25) is 4.79 Å². The molecule has 3 heteroatoms. The van der Waals surface area contributed by atoms with Crippen LogP contribution in [-0.4, -0.2) is 12.9 Å². The maximum absolute atomic E-state index is 12.1. The van der Waals surface area contributed by atoms with E-state index in [2.05, 4.69) is 6.92 Å². The summed E-state index contributed by atoms with van der Waals surface area (Å²) in [6, 6.07) is 9.88. The number of benzene rings is 1. The van der Waals surface area contributed by atoms with Crippen molar-refractivity contribution >= 4 is 17.1 Å². The molecule has 100 valence electrons. The van der Waals surface area contributed by atoms with Gasteiger partial charge in [-0.1, -0.05) is 12.1 Å². The highest BCUT2D eigenvalue weighted by Gasteiger charge is 2.10. The van der Waals surface area contributed by atoms with Crippen LogP contribution in [0.1, 0.15) is 32.1 Å². The average molecular weight is 274 g/mol. The molecule has 0 unspecified atom stereocenters. The third-order valence-corrected chi connectivity index (χ3v) is 4.43. The zero-order valence-corrected chi connectivity index (χ0v) is 12.3.